The molecule has 2 fully saturated rings. The van der Waals surface area contributed by atoms with Gasteiger partial charge in [0.15, 0.2) is 0 Å². The standard InChI is InChI=1S/C17H22N2O3S/c1-11(15(20)18-9-8-12-5-4-10-23-12)19-16(21)13-6-2-3-7-14(13)17(19)22/h4-5,10-11,13-14H,2-3,6-9H2,1H3,(H,18,20). The van der Waals surface area contributed by atoms with Crippen LogP contribution in [0.5, 0.6) is 0 Å². The van der Waals surface area contributed by atoms with E-state index in [1.165, 1.54) is 9.78 Å². The van der Waals surface area contributed by atoms with Crippen LogP contribution in [0.3, 0.4) is 0 Å². The van der Waals surface area contributed by atoms with Crippen molar-refractivity contribution >= 4 is 29.1 Å². The number of imide groups is 1. The van der Waals surface area contributed by atoms with Gasteiger partial charge in [0.05, 0.1) is 11.8 Å². The lowest BCUT2D eigenvalue weighted by Gasteiger charge is -2.22. The highest BCUT2D eigenvalue weighted by molar-refractivity contribution is 7.09. The Morgan fingerprint density at radius 2 is 1.96 bits per heavy atom. The molecule has 2 heterocycles. The maximum absolute atomic E-state index is 12.5. The van der Waals surface area contributed by atoms with E-state index in [9.17, 15) is 14.4 Å². The Morgan fingerprint density at radius 3 is 2.52 bits per heavy atom. The number of amides is 3. The highest BCUT2D eigenvalue weighted by Gasteiger charge is 2.50. The van der Waals surface area contributed by atoms with Gasteiger partial charge in [-0.25, -0.2) is 0 Å². The second-order valence-electron chi connectivity index (χ2n) is 6.34. The fraction of sp³-hybridized carbons (Fsp3) is 0.588. The number of thiophene rings is 1. The van der Waals surface area contributed by atoms with Crippen molar-refractivity contribution in [1.29, 1.82) is 0 Å². The molecule has 3 atom stereocenters. The van der Waals surface area contributed by atoms with Gasteiger partial charge in [0.1, 0.15) is 6.04 Å². The van der Waals surface area contributed by atoms with Gasteiger partial charge < -0.3 is 5.32 Å². The molecule has 23 heavy (non-hydrogen) atoms. The molecule has 1 saturated heterocycles. The quantitative estimate of drug-likeness (QED) is 0.837. The molecule has 1 N–H and O–H groups in total. The van der Waals surface area contributed by atoms with E-state index in [2.05, 4.69) is 5.32 Å². The van der Waals surface area contributed by atoms with E-state index in [0.717, 1.165) is 32.1 Å². The predicted octanol–water partition coefficient (Wildman–Crippen LogP) is 1.97. The molecular formula is C17H22N2O3S. The lowest BCUT2D eigenvalue weighted by molar-refractivity contribution is -0.147. The molecule has 1 saturated carbocycles. The molecule has 6 heteroatoms. The summed E-state index contributed by atoms with van der Waals surface area (Å²) in [5.74, 6) is -0.946. The number of rotatable bonds is 5. The Balaban J connectivity index is 1.58. The van der Waals surface area contributed by atoms with Crippen LogP contribution < -0.4 is 5.32 Å². The van der Waals surface area contributed by atoms with Crippen LogP contribution in [-0.2, 0) is 20.8 Å². The van der Waals surface area contributed by atoms with E-state index in [4.69, 9.17) is 0 Å². The number of carbonyl (C=O) groups is 3. The lowest BCUT2D eigenvalue weighted by atomic mass is 9.81. The van der Waals surface area contributed by atoms with Gasteiger partial charge in [-0.3, -0.25) is 19.3 Å². The molecule has 5 nitrogen and oxygen atoms in total. The summed E-state index contributed by atoms with van der Waals surface area (Å²) in [4.78, 5) is 39.7. The molecule has 0 bridgehead atoms. The molecule has 2 aliphatic rings. The highest BCUT2D eigenvalue weighted by atomic mass is 32.1. The van der Waals surface area contributed by atoms with Crippen LogP contribution in [-0.4, -0.2) is 35.2 Å². The van der Waals surface area contributed by atoms with Crippen LogP contribution >= 0.6 is 11.3 Å². The number of hydrogen-bond acceptors (Lipinski definition) is 4. The number of nitrogens with zero attached hydrogens (tertiary/aromatic N) is 1. The van der Waals surface area contributed by atoms with Gasteiger partial charge in [0.25, 0.3) is 0 Å². The third kappa shape index (κ3) is 3.17. The Hall–Kier alpha value is -1.69. The summed E-state index contributed by atoms with van der Waals surface area (Å²) in [6.45, 7) is 2.17. The minimum atomic E-state index is -0.719. The third-order valence-electron chi connectivity index (χ3n) is 4.89. The smallest absolute Gasteiger partial charge is 0.243 e. The van der Waals surface area contributed by atoms with Gasteiger partial charge in [-0.2, -0.15) is 0 Å². The largest absolute Gasteiger partial charge is 0.354 e. The topological polar surface area (TPSA) is 66.5 Å². The van der Waals surface area contributed by atoms with E-state index >= 15 is 0 Å². The fourth-order valence-electron chi connectivity index (χ4n) is 3.60. The first kappa shape index (κ1) is 16.2. The Kier molecular flexibility index (Phi) is 4.80. The van der Waals surface area contributed by atoms with Crippen molar-refractivity contribution in [2.75, 3.05) is 6.54 Å². The summed E-state index contributed by atoms with van der Waals surface area (Å²) in [7, 11) is 0. The maximum atomic E-state index is 12.5. The van der Waals surface area contributed by atoms with Gasteiger partial charge >= 0.3 is 0 Å². The molecule has 0 spiro atoms. The van der Waals surface area contributed by atoms with E-state index in [1.54, 1.807) is 18.3 Å². The first-order valence-corrected chi connectivity index (χ1v) is 9.14. The molecule has 1 aromatic heterocycles. The Labute approximate surface area is 140 Å². The first-order chi connectivity index (χ1) is 11.1. The summed E-state index contributed by atoms with van der Waals surface area (Å²) in [6, 6.07) is 3.29. The monoisotopic (exact) mass is 334 g/mol. The van der Waals surface area contributed by atoms with E-state index in [0.29, 0.717) is 6.54 Å². The van der Waals surface area contributed by atoms with Crippen molar-refractivity contribution in [2.24, 2.45) is 11.8 Å². The summed E-state index contributed by atoms with van der Waals surface area (Å²) in [5.41, 5.74) is 0. The number of fused-ring (bicyclic) bond motifs is 1. The van der Waals surface area contributed by atoms with Gasteiger partial charge in [-0.1, -0.05) is 18.9 Å². The predicted molar refractivity (Wildman–Crippen MR) is 87.8 cm³/mol. The lowest BCUT2D eigenvalue weighted by Crippen LogP contribution is -2.48. The fourth-order valence-corrected chi connectivity index (χ4v) is 4.31. The zero-order chi connectivity index (χ0) is 16.4. The molecular weight excluding hydrogens is 312 g/mol. The third-order valence-corrected chi connectivity index (χ3v) is 5.83. The summed E-state index contributed by atoms with van der Waals surface area (Å²) >= 11 is 1.65. The molecule has 1 aromatic rings. The van der Waals surface area contributed by atoms with Crippen LogP contribution in [0.1, 0.15) is 37.5 Å². The second-order valence-corrected chi connectivity index (χ2v) is 7.37. The number of hydrogen-bond donors (Lipinski definition) is 1. The van der Waals surface area contributed by atoms with Crippen molar-refractivity contribution in [3.05, 3.63) is 22.4 Å². The zero-order valence-corrected chi connectivity index (χ0v) is 14.1. The summed E-state index contributed by atoms with van der Waals surface area (Å²) in [5, 5.41) is 4.84. The van der Waals surface area contributed by atoms with Crippen LogP contribution in [0.4, 0.5) is 0 Å². The molecule has 1 aliphatic heterocycles. The maximum Gasteiger partial charge on any atom is 0.243 e. The van der Waals surface area contributed by atoms with E-state index in [1.807, 2.05) is 17.5 Å². The van der Waals surface area contributed by atoms with Crippen molar-refractivity contribution in [2.45, 2.75) is 45.1 Å². The van der Waals surface area contributed by atoms with E-state index < -0.39 is 6.04 Å². The molecule has 1 aliphatic carbocycles. The van der Waals surface area contributed by atoms with Crippen molar-refractivity contribution < 1.29 is 14.4 Å². The number of likely N-dealkylation sites (tertiary alicyclic amines) is 1. The zero-order valence-electron chi connectivity index (χ0n) is 13.3. The van der Waals surface area contributed by atoms with Crippen LogP contribution in [0, 0.1) is 11.8 Å². The van der Waals surface area contributed by atoms with Gasteiger partial charge in [0, 0.05) is 11.4 Å². The van der Waals surface area contributed by atoms with Crippen LogP contribution in [0.15, 0.2) is 17.5 Å². The summed E-state index contributed by atoms with van der Waals surface area (Å²) < 4.78 is 0. The first-order valence-electron chi connectivity index (χ1n) is 8.26. The summed E-state index contributed by atoms with van der Waals surface area (Å²) in [6.07, 6.45) is 4.31. The van der Waals surface area contributed by atoms with Crippen molar-refractivity contribution in [1.82, 2.24) is 10.2 Å². The van der Waals surface area contributed by atoms with E-state index in [-0.39, 0.29) is 29.6 Å². The molecule has 3 amide bonds. The SMILES string of the molecule is CC(C(=O)NCCc1cccs1)N1C(=O)C2CCCCC2C1=O. The van der Waals surface area contributed by atoms with Gasteiger partial charge in [0.2, 0.25) is 17.7 Å². The van der Waals surface area contributed by atoms with Crippen LogP contribution in [0.2, 0.25) is 0 Å². The van der Waals surface area contributed by atoms with Gasteiger partial charge in [-0.15, -0.1) is 11.3 Å². The molecule has 3 unspecified atom stereocenters. The second kappa shape index (κ2) is 6.83. The minimum Gasteiger partial charge on any atom is -0.354 e. The molecule has 0 aromatic carbocycles. The van der Waals surface area contributed by atoms with Crippen molar-refractivity contribution in [3.8, 4) is 0 Å². The molecule has 124 valence electrons. The van der Waals surface area contributed by atoms with Gasteiger partial charge in [-0.05, 0) is 37.6 Å². The average Bonchev–Trinajstić information content (AvgIpc) is 3.15. The number of nitrogens with one attached hydrogen (secondary N) is 1. The number of carbonyl (C=O) groups excluding carboxylic acids is 3. The highest BCUT2D eigenvalue weighted by Crippen LogP contribution is 2.38. The normalized spacial score (nSPS) is 25.3. The van der Waals surface area contributed by atoms with Crippen molar-refractivity contribution in [3.63, 3.8) is 0 Å². The Morgan fingerprint density at radius 1 is 1.30 bits per heavy atom. The minimum absolute atomic E-state index is 0.152. The molecule has 3 rings (SSSR count). The van der Waals surface area contributed by atoms with Crippen LogP contribution in [0.25, 0.3) is 0 Å². The molecule has 0 radical (unpaired) electrons. The Bertz CT molecular complexity index is 575. The average molecular weight is 334 g/mol.